The average Bonchev–Trinajstić information content (AvgIpc) is 2.48. The number of nitrogens with one attached hydrogen (secondary N) is 1. The fourth-order valence-corrected chi connectivity index (χ4v) is 1.91. The van der Waals surface area contributed by atoms with Gasteiger partial charge in [0.1, 0.15) is 5.82 Å². The van der Waals surface area contributed by atoms with Gasteiger partial charge in [-0.25, -0.2) is 4.79 Å². The second kappa shape index (κ2) is 7.16. The maximum atomic E-state index is 11.7. The minimum atomic E-state index is -0.253. The number of carbonyl (C=O) groups is 1. The number of rotatable bonds is 4. The number of ether oxygens (including phenoxy) is 1. The third-order valence-corrected chi connectivity index (χ3v) is 3.06. The topological polar surface area (TPSA) is 83.5 Å². The zero-order valence-electron chi connectivity index (χ0n) is 12.8. The van der Waals surface area contributed by atoms with Crippen LogP contribution < -0.4 is 10.2 Å². The second-order valence-electron chi connectivity index (χ2n) is 5.05. The van der Waals surface area contributed by atoms with Gasteiger partial charge in [-0.1, -0.05) is 6.92 Å². The van der Waals surface area contributed by atoms with E-state index in [-0.39, 0.29) is 6.03 Å². The van der Waals surface area contributed by atoms with Crippen molar-refractivity contribution in [2.24, 2.45) is 0 Å². The van der Waals surface area contributed by atoms with E-state index >= 15 is 0 Å². The van der Waals surface area contributed by atoms with Crippen LogP contribution in [0, 0.1) is 0 Å². The first-order chi connectivity index (χ1) is 10.1. The van der Waals surface area contributed by atoms with E-state index in [9.17, 15) is 4.79 Å². The van der Waals surface area contributed by atoms with E-state index in [4.69, 9.17) is 4.74 Å². The molecule has 1 saturated heterocycles. The lowest BCUT2D eigenvalue weighted by Crippen LogP contribution is -2.38. The number of aryl methyl sites for hydroxylation is 1. The van der Waals surface area contributed by atoms with Gasteiger partial charge in [0.15, 0.2) is 0 Å². The Morgan fingerprint density at radius 3 is 2.62 bits per heavy atom. The molecule has 116 valence electrons. The molecule has 21 heavy (non-hydrogen) atoms. The van der Waals surface area contributed by atoms with Crippen molar-refractivity contribution in [2.75, 3.05) is 50.6 Å². The summed E-state index contributed by atoms with van der Waals surface area (Å²) in [5, 5.41) is 2.69. The molecule has 8 heteroatoms. The fraction of sp³-hybridized carbons (Fsp3) is 0.692. The van der Waals surface area contributed by atoms with Crippen LogP contribution in [0.25, 0.3) is 0 Å². The summed E-state index contributed by atoms with van der Waals surface area (Å²) in [6, 6.07) is -0.253. The van der Waals surface area contributed by atoms with E-state index in [0.29, 0.717) is 30.9 Å². The Bertz CT molecular complexity index is 488. The molecule has 2 rings (SSSR count). The molecule has 0 atom stereocenters. The van der Waals surface area contributed by atoms with Crippen molar-refractivity contribution in [3.63, 3.8) is 0 Å². The van der Waals surface area contributed by atoms with E-state index in [0.717, 1.165) is 25.9 Å². The van der Waals surface area contributed by atoms with Gasteiger partial charge >= 0.3 is 6.03 Å². The average molecular weight is 294 g/mol. The molecule has 0 unspecified atom stereocenters. The summed E-state index contributed by atoms with van der Waals surface area (Å²) in [7, 11) is 3.35. The van der Waals surface area contributed by atoms with Crippen molar-refractivity contribution >= 4 is 17.9 Å². The van der Waals surface area contributed by atoms with Crippen molar-refractivity contribution in [1.82, 2.24) is 19.9 Å². The molecular weight excluding hydrogens is 272 g/mol. The van der Waals surface area contributed by atoms with Crippen molar-refractivity contribution in [3.05, 3.63) is 5.82 Å². The molecule has 1 aromatic rings. The number of aromatic nitrogens is 3. The predicted octanol–water partition coefficient (Wildman–Crippen LogP) is 0.754. The number of anilines is 2. The maximum Gasteiger partial charge on any atom is 0.323 e. The van der Waals surface area contributed by atoms with Gasteiger partial charge in [0.05, 0.1) is 13.2 Å². The Labute approximate surface area is 124 Å². The molecule has 0 aliphatic carbocycles. The van der Waals surface area contributed by atoms with Crippen LogP contribution in [0.1, 0.15) is 19.2 Å². The molecule has 0 bridgehead atoms. The molecular formula is C13H22N6O2. The molecule has 1 aliphatic heterocycles. The summed E-state index contributed by atoms with van der Waals surface area (Å²) < 4.78 is 5.34. The van der Waals surface area contributed by atoms with Gasteiger partial charge in [0, 0.05) is 33.6 Å². The van der Waals surface area contributed by atoms with E-state index in [1.54, 1.807) is 14.1 Å². The summed E-state index contributed by atoms with van der Waals surface area (Å²) in [4.78, 5) is 28.4. The molecule has 0 radical (unpaired) electrons. The molecule has 2 heterocycles. The molecule has 1 N–H and O–H groups in total. The van der Waals surface area contributed by atoms with Crippen molar-refractivity contribution in [1.29, 1.82) is 0 Å². The molecule has 0 saturated carbocycles. The van der Waals surface area contributed by atoms with Gasteiger partial charge in [-0.3, -0.25) is 5.32 Å². The minimum absolute atomic E-state index is 0.253. The largest absolute Gasteiger partial charge is 0.378 e. The van der Waals surface area contributed by atoms with Crippen LogP contribution >= 0.6 is 0 Å². The number of carbonyl (C=O) groups excluding carboxylic acids is 1. The van der Waals surface area contributed by atoms with Gasteiger partial charge in [-0.2, -0.15) is 15.0 Å². The van der Waals surface area contributed by atoms with Crippen LogP contribution in [0.2, 0.25) is 0 Å². The standard InChI is InChI=1S/C13H22N6O2/c1-4-5-10-14-11(17-13(20)18(2)3)16-12(15-10)19-6-8-21-9-7-19/h4-9H2,1-3H3,(H,14,15,16,17,20). The minimum Gasteiger partial charge on any atom is -0.378 e. The predicted molar refractivity (Wildman–Crippen MR) is 79.6 cm³/mol. The lowest BCUT2D eigenvalue weighted by molar-refractivity contribution is 0.122. The van der Waals surface area contributed by atoms with E-state index in [1.165, 1.54) is 4.90 Å². The van der Waals surface area contributed by atoms with Gasteiger partial charge in [0.25, 0.3) is 0 Å². The van der Waals surface area contributed by atoms with E-state index in [2.05, 4.69) is 32.1 Å². The Hall–Kier alpha value is -1.96. The molecule has 8 nitrogen and oxygen atoms in total. The van der Waals surface area contributed by atoms with Crippen LogP contribution in [0.3, 0.4) is 0 Å². The van der Waals surface area contributed by atoms with Gasteiger partial charge in [-0.05, 0) is 6.42 Å². The molecule has 1 aromatic heterocycles. The lowest BCUT2D eigenvalue weighted by Gasteiger charge is -2.27. The van der Waals surface area contributed by atoms with Crippen molar-refractivity contribution in [3.8, 4) is 0 Å². The normalized spacial score (nSPS) is 14.9. The Morgan fingerprint density at radius 1 is 1.29 bits per heavy atom. The number of amides is 2. The number of hydrogen-bond acceptors (Lipinski definition) is 6. The summed E-state index contributed by atoms with van der Waals surface area (Å²) in [6.45, 7) is 4.88. The van der Waals surface area contributed by atoms with Gasteiger partial charge < -0.3 is 14.5 Å². The third kappa shape index (κ3) is 4.25. The highest BCUT2D eigenvalue weighted by Gasteiger charge is 2.17. The zero-order chi connectivity index (χ0) is 15.2. The summed E-state index contributed by atoms with van der Waals surface area (Å²) in [5.74, 6) is 1.60. The van der Waals surface area contributed by atoms with Crippen LogP contribution in [0.4, 0.5) is 16.7 Å². The molecule has 1 aliphatic rings. The number of nitrogens with zero attached hydrogens (tertiary/aromatic N) is 5. The first kappa shape index (κ1) is 15.4. The highest BCUT2D eigenvalue weighted by molar-refractivity contribution is 5.87. The van der Waals surface area contributed by atoms with Crippen LogP contribution in [0.15, 0.2) is 0 Å². The van der Waals surface area contributed by atoms with E-state index in [1.807, 2.05) is 0 Å². The van der Waals surface area contributed by atoms with E-state index < -0.39 is 0 Å². The first-order valence-corrected chi connectivity index (χ1v) is 7.16. The number of morpholine rings is 1. The van der Waals surface area contributed by atoms with Crippen LogP contribution in [-0.2, 0) is 11.2 Å². The van der Waals surface area contributed by atoms with Crippen LogP contribution in [0.5, 0.6) is 0 Å². The highest BCUT2D eigenvalue weighted by Crippen LogP contribution is 2.13. The molecule has 0 spiro atoms. The third-order valence-electron chi connectivity index (χ3n) is 3.06. The SMILES string of the molecule is CCCc1nc(NC(=O)N(C)C)nc(N2CCOCC2)n1. The fourth-order valence-electron chi connectivity index (χ4n) is 1.91. The Balaban J connectivity index is 2.22. The summed E-state index contributed by atoms with van der Waals surface area (Å²) >= 11 is 0. The number of urea groups is 1. The molecule has 0 aromatic carbocycles. The summed E-state index contributed by atoms with van der Waals surface area (Å²) in [6.07, 6.45) is 1.69. The van der Waals surface area contributed by atoms with Gasteiger partial charge in [0.2, 0.25) is 11.9 Å². The number of hydrogen-bond donors (Lipinski definition) is 1. The molecule has 1 fully saturated rings. The molecule has 2 amide bonds. The summed E-state index contributed by atoms with van der Waals surface area (Å²) in [5.41, 5.74) is 0. The monoisotopic (exact) mass is 294 g/mol. The quantitative estimate of drug-likeness (QED) is 0.882. The Morgan fingerprint density at radius 2 is 2.00 bits per heavy atom. The van der Waals surface area contributed by atoms with Crippen molar-refractivity contribution in [2.45, 2.75) is 19.8 Å². The van der Waals surface area contributed by atoms with Gasteiger partial charge in [-0.15, -0.1) is 0 Å². The lowest BCUT2D eigenvalue weighted by atomic mass is 10.3. The Kier molecular flexibility index (Phi) is 5.26. The smallest absolute Gasteiger partial charge is 0.323 e. The highest BCUT2D eigenvalue weighted by atomic mass is 16.5. The second-order valence-corrected chi connectivity index (χ2v) is 5.05. The van der Waals surface area contributed by atoms with Crippen molar-refractivity contribution < 1.29 is 9.53 Å². The first-order valence-electron chi connectivity index (χ1n) is 7.16. The maximum absolute atomic E-state index is 11.7. The van der Waals surface area contributed by atoms with Crippen LogP contribution in [-0.4, -0.2) is 66.3 Å². The zero-order valence-corrected chi connectivity index (χ0v) is 12.8.